The third kappa shape index (κ3) is 3.33. The van der Waals surface area contributed by atoms with Crippen molar-refractivity contribution in [1.29, 1.82) is 0 Å². The molecular weight excluding hydrogens is 326 g/mol. The molecule has 126 valence electrons. The molecular formula is C18H19NO4S. The fourth-order valence-electron chi connectivity index (χ4n) is 2.99. The Morgan fingerprint density at radius 3 is 2.79 bits per heavy atom. The van der Waals surface area contributed by atoms with Gasteiger partial charge in [-0.2, -0.15) is 11.8 Å². The van der Waals surface area contributed by atoms with Gasteiger partial charge < -0.3 is 14.4 Å². The van der Waals surface area contributed by atoms with Crippen molar-refractivity contribution in [2.24, 2.45) is 0 Å². The number of nitrogens with zero attached hydrogens (tertiary/aromatic N) is 1. The minimum absolute atomic E-state index is 0.00979. The minimum atomic E-state index is -1.01. The van der Waals surface area contributed by atoms with Crippen LogP contribution in [0, 0.1) is 6.92 Å². The lowest BCUT2D eigenvalue weighted by Gasteiger charge is -2.36. The number of carbonyl (C=O) groups is 2. The highest BCUT2D eigenvalue weighted by molar-refractivity contribution is 7.99. The molecule has 3 rings (SSSR count). The maximum Gasteiger partial charge on any atom is 0.311 e. The molecule has 1 amide bonds. The Kier molecular flexibility index (Phi) is 4.94. The monoisotopic (exact) mass is 345 g/mol. The Labute approximate surface area is 144 Å². The normalized spacial score (nSPS) is 17.7. The highest BCUT2D eigenvalue weighted by atomic mass is 32.2. The summed E-state index contributed by atoms with van der Waals surface area (Å²) >= 11 is 1.82. The second kappa shape index (κ2) is 7.13. The number of amides is 1. The van der Waals surface area contributed by atoms with Gasteiger partial charge in [0.1, 0.15) is 12.2 Å². The van der Waals surface area contributed by atoms with Crippen molar-refractivity contribution in [2.75, 3.05) is 18.1 Å². The third-order valence-corrected chi connectivity index (χ3v) is 5.17. The number of rotatable bonds is 4. The molecule has 0 bridgehead atoms. The van der Waals surface area contributed by atoms with Crippen LogP contribution in [0.5, 0.6) is 0 Å². The summed E-state index contributed by atoms with van der Waals surface area (Å²) in [5.41, 5.74) is 2.17. The van der Waals surface area contributed by atoms with Crippen LogP contribution in [0.1, 0.15) is 33.3 Å². The molecule has 24 heavy (non-hydrogen) atoms. The van der Waals surface area contributed by atoms with Crippen LogP contribution >= 0.6 is 11.8 Å². The van der Waals surface area contributed by atoms with Crippen LogP contribution in [0.2, 0.25) is 0 Å². The van der Waals surface area contributed by atoms with Crippen molar-refractivity contribution < 1.29 is 19.1 Å². The number of furan rings is 1. The van der Waals surface area contributed by atoms with Crippen molar-refractivity contribution >= 4 is 23.6 Å². The van der Waals surface area contributed by atoms with E-state index in [9.17, 15) is 9.59 Å². The molecule has 5 nitrogen and oxygen atoms in total. The van der Waals surface area contributed by atoms with Crippen molar-refractivity contribution in [3.8, 4) is 0 Å². The Morgan fingerprint density at radius 1 is 1.33 bits per heavy atom. The van der Waals surface area contributed by atoms with E-state index in [1.165, 1.54) is 6.26 Å². The average molecular weight is 345 g/mol. The average Bonchev–Trinajstić information content (AvgIpc) is 2.95. The molecule has 1 atom stereocenters. The first-order valence-corrected chi connectivity index (χ1v) is 8.96. The van der Waals surface area contributed by atoms with Crippen LogP contribution < -0.4 is 0 Å². The van der Waals surface area contributed by atoms with E-state index in [2.05, 4.69) is 0 Å². The number of benzene rings is 1. The third-order valence-electron chi connectivity index (χ3n) is 4.15. The molecule has 1 aromatic carbocycles. The molecule has 0 radical (unpaired) electrons. The maximum absolute atomic E-state index is 13.1. The zero-order valence-corrected chi connectivity index (χ0v) is 14.2. The number of thioether (sulfide) groups is 1. The largest absolute Gasteiger partial charge is 0.481 e. The molecule has 1 unspecified atom stereocenters. The first-order chi connectivity index (χ1) is 11.6. The molecule has 1 N–H and O–H groups in total. The van der Waals surface area contributed by atoms with E-state index < -0.39 is 5.97 Å². The summed E-state index contributed by atoms with van der Waals surface area (Å²) in [6.07, 6.45) is 1.18. The van der Waals surface area contributed by atoms with Gasteiger partial charge in [0.25, 0.3) is 5.91 Å². The van der Waals surface area contributed by atoms with Crippen LogP contribution in [0.15, 0.2) is 41.0 Å². The lowest BCUT2D eigenvalue weighted by atomic mass is 10.0. The second-order valence-corrected chi connectivity index (χ2v) is 6.94. The van der Waals surface area contributed by atoms with Gasteiger partial charge in [-0.3, -0.25) is 9.59 Å². The quantitative estimate of drug-likeness (QED) is 0.922. The Balaban J connectivity index is 1.93. The first-order valence-electron chi connectivity index (χ1n) is 7.80. The van der Waals surface area contributed by atoms with E-state index in [1.54, 1.807) is 6.92 Å². The molecule has 1 fully saturated rings. The summed E-state index contributed by atoms with van der Waals surface area (Å²) in [5, 5.41) is 9.03. The number of aliphatic carboxylic acids is 1. The molecule has 0 aliphatic carbocycles. The molecule has 6 heteroatoms. The fraction of sp³-hybridized carbons (Fsp3) is 0.333. The van der Waals surface area contributed by atoms with Crippen LogP contribution in [0.3, 0.4) is 0 Å². The van der Waals surface area contributed by atoms with Crippen LogP contribution in [0.4, 0.5) is 0 Å². The van der Waals surface area contributed by atoms with Gasteiger partial charge in [-0.05, 0) is 12.5 Å². The van der Waals surface area contributed by atoms with E-state index in [0.29, 0.717) is 17.7 Å². The number of carbonyl (C=O) groups excluding carboxylic acids is 1. The van der Waals surface area contributed by atoms with Gasteiger partial charge in [0, 0.05) is 23.6 Å². The topological polar surface area (TPSA) is 70.7 Å². The summed E-state index contributed by atoms with van der Waals surface area (Å²) in [7, 11) is 0. The molecule has 0 spiro atoms. The minimum Gasteiger partial charge on any atom is -0.481 e. The Hall–Kier alpha value is -2.21. The zero-order chi connectivity index (χ0) is 17.1. The molecule has 1 aliphatic heterocycles. The standard InChI is InChI=1S/C18H19NO4S/c1-12-10-23-15(9-16(20)21)17(12)18(22)19-7-8-24-11-14(19)13-5-3-2-4-6-13/h2-6,10,14H,7-9,11H2,1H3,(H,20,21). The predicted molar refractivity (Wildman–Crippen MR) is 92.3 cm³/mol. The Morgan fingerprint density at radius 2 is 2.08 bits per heavy atom. The van der Waals surface area contributed by atoms with Gasteiger partial charge in [0.05, 0.1) is 17.9 Å². The summed E-state index contributed by atoms with van der Waals surface area (Å²) in [5.74, 6) is 0.787. The van der Waals surface area contributed by atoms with Crippen molar-refractivity contribution in [2.45, 2.75) is 19.4 Å². The van der Waals surface area contributed by atoms with Crippen LogP contribution in [-0.2, 0) is 11.2 Å². The highest BCUT2D eigenvalue weighted by Gasteiger charge is 2.32. The molecule has 1 aromatic heterocycles. The molecule has 1 saturated heterocycles. The summed E-state index contributed by atoms with van der Waals surface area (Å²) < 4.78 is 5.33. The summed E-state index contributed by atoms with van der Waals surface area (Å²) in [6, 6.07) is 9.93. The predicted octanol–water partition coefficient (Wildman–Crippen LogP) is 3.15. The van der Waals surface area contributed by atoms with E-state index in [4.69, 9.17) is 9.52 Å². The first kappa shape index (κ1) is 16.6. The molecule has 0 saturated carbocycles. The maximum atomic E-state index is 13.1. The molecule has 2 heterocycles. The van der Waals surface area contributed by atoms with E-state index >= 15 is 0 Å². The number of aryl methyl sites for hydroxylation is 1. The van der Waals surface area contributed by atoms with E-state index in [-0.39, 0.29) is 24.1 Å². The van der Waals surface area contributed by atoms with Crippen molar-refractivity contribution in [1.82, 2.24) is 4.90 Å². The zero-order valence-electron chi connectivity index (χ0n) is 13.4. The molecule has 1 aliphatic rings. The van der Waals surface area contributed by atoms with Gasteiger partial charge in [-0.1, -0.05) is 30.3 Å². The highest BCUT2D eigenvalue weighted by Crippen LogP contribution is 2.32. The number of hydrogen-bond donors (Lipinski definition) is 1. The van der Waals surface area contributed by atoms with Gasteiger partial charge in [0.2, 0.25) is 0 Å². The second-order valence-electron chi connectivity index (χ2n) is 5.79. The summed E-state index contributed by atoms with van der Waals surface area (Å²) in [4.78, 5) is 26.0. The number of hydrogen-bond acceptors (Lipinski definition) is 4. The fourth-order valence-corrected chi connectivity index (χ4v) is 4.08. The SMILES string of the molecule is Cc1coc(CC(=O)O)c1C(=O)N1CCSCC1c1ccccc1. The number of carboxylic acids is 1. The van der Waals surface area contributed by atoms with Crippen molar-refractivity contribution in [3.05, 3.63) is 59.0 Å². The lowest BCUT2D eigenvalue weighted by Crippen LogP contribution is -2.41. The smallest absolute Gasteiger partial charge is 0.311 e. The van der Waals surface area contributed by atoms with Gasteiger partial charge in [-0.25, -0.2) is 0 Å². The van der Waals surface area contributed by atoms with Gasteiger partial charge in [-0.15, -0.1) is 0 Å². The Bertz CT molecular complexity index is 741. The molecule has 2 aromatic rings. The van der Waals surface area contributed by atoms with E-state index in [0.717, 1.165) is 17.1 Å². The van der Waals surface area contributed by atoms with Gasteiger partial charge >= 0.3 is 5.97 Å². The summed E-state index contributed by atoms with van der Waals surface area (Å²) in [6.45, 7) is 2.42. The lowest BCUT2D eigenvalue weighted by molar-refractivity contribution is -0.136. The number of carboxylic acid groups (broad SMARTS) is 1. The van der Waals surface area contributed by atoms with Crippen molar-refractivity contribution in [3.63, 3.8) is 0 Å². The van der Waals surface area contributed by atoms with Gasteiger partial charge in [0.15, 0.2) is 0 Å². The van der Waals surface area contributed by atoms with Crippen LogP contribution in [-0.4, -0.2) is 39.9 Å². The van der Waals surface area contributed by atoms with Crippen LogP contribution in [0.25, 0.3) is 0 Å². The van der Waals surface area contributed by atoms with E-state index in [1.807, 2.05) is 47.0 Å².